The molecule has 0 radical (unpaired) electrons. The molecular formula is C20H20ClN3O3. The van der Waals surface area contributed by atoms with Crippen LogP contribution >= 0.6 is 11.6 Å². The third kappa shape index (κ3) is 4.11. The average Bonchev–Trinajstić information content (AvgIpc) is 2.99. The molecule has 2 aromatic heterocycles. The number of aromatic nitrogens is 2. The lowest BCUT2D eigenvalue weighted by Crippen LogP contribution is -2.17. The third-order valence-electron chi connectivity index (χ3n) is 3.91. The standard InChI is InChI=1S/C20H20ClN3O3/c1-4-16-18(24-9-8-14(21)11-17(24)23-16)19(25)22-15-7-5-6-13(10-15)20(26)27-12(2)3/h5-12H,4H2,1-3H3,(H,22,25). The van der Waals surface area contributed by atoms with Crippen molar-refractivity contribution in [1.29, 1.82) is 0 Å². The Hall–Kier alpha value is -2.86. The van der Waals surface area contributed by atoms with Gasteiger partial charge in [0, 0.05) is 23.0 Å². The second kappa shape index (κ2) is 7.80. The number of carbonyl (C=O) groups excluding carboxylic acids is 2. The van der Waals surface area contributed by atoms with Crippen molar-refractivity contribution in [2.45, 2.75) is 33.3 Å². The van der Waals surface area contributed by atoms with E-state index >= 15 is 0 Å². The summed E-state index contributed by atoms with van der Waals surface area (Å²) >= 11 is 6.02. The number of aryl methyl sites for hydroxylation is 1. The van der Waals surface area contributed by atoms with Gasteiger partial charge >= 0.3 is 5.97 Å². The van der Waals surface area contributed by atoms with Crippen LogP contribution in [0.25, 0.3) is 5.65 Å². The second-order valence-electron chi connectivity index (χ2n) is 6.32. The SMILES string of the molecule is CCc1nc2cc(Cl)ccn2c1C(=O)Nc1cccc(C(=O)OC(C)C)c1. The topological polar surface area (TPSA) is 72.7 Å². The zero-order valence-electron chi connectivity index (χ0n) is 15.3. The van der Waals surface area contributed by atoms with Crippen molar-refractivity contribution in [3.05, 3.63) is 64.6 Å². The molecule has 2 heterocycles. The molecule has 0 bridgehead atoms. The molecule has 1 aromatic carbocycles. The molecule has 7 heteroatoms. The van der Waals surface area contributed by atoms with Crippen molar-refractivity contribution in [3.63, 3.8) is 0 Å². The molecule has 0 saturated carbocycles. The van der Waals surface area contributed by atoms with Gasteiger partial charge < -0.3 is 10.1 Å². The quantitative estimate of drug-likeness (QED) is 0.662. The Morgan fingerprint density at radius 3 is 2.74 bits per heavy atom. The molecule has 0 unspecified atom stereocenters. The van der Waals surface area contributed by atoms with Gasteiger partial charge in [-0.1, -0.05) is 24.6 Å². The number of esters is 1. The number of hydrogen-bond donors (Lipinski definition) is 1. The summed E-state index contributed by atoms with van der Waals surface area (Å²) in [5, 5.41) is 3.39. The molecular weight excluding hydrogens is 366 g/mol. The van der Waals surface area contributed by atoms with E-state index in [9.17, 15) is 9.59 Å². The summed E-state index contributed by atoms with van der Waals surface area (Å²) in [4.78, 5) is 29.4. The van der Waals surface area contributed by atoms with Crippen molar-refractivity contribution in [2.24, 2.45) is 0 Å². The molecule has 0 saturated heterocycles. The number of nitrogens with zero attached hydrogens (tertiary/aromatic N) is 2. The van der Waals surface area contributed by atoms with E-state index in [1.165, 1.54) is 0 Å². The van der Waals surface area contributed by atoms with Gasteiger partial charge in [-0.15, -0.1) is 0 Å². The van der Waals surface area contributed by atoms with Crippen LogP contribution in [0.15, 0.2) is 42.6 Å². The number of benzene rings is 1. The minimum Gasteiger partial charge on any atom is -0.459 e. The van der Waals surface area contributed by atoms with Crippen LogP contribution in [0.5, 0.6) is 0 Å². The largest absolute Gasteiger partial charge is 0.459 e. The Balaban J connectivity index is 1.90. The predicted octanol–water partition coefficient (Wildman–Crippen LogP) is 4.37. The van der Waals surface area contributed by atoms with E-state index in [4.69, 9.17) is 16.3 Å². The van der Waals surface area contributed by atoms with Crippen LogP contribution in [0.1, 0.15) is 47.3 Å². The van der Waals surface area contributed by atoms with E-state index in [0.29, 0.717) is 39.7 Å². The molecule has 0 spiro atoms. The van der Waals surface area contributed by atoms with Crippen LogP contribution < -0.4 is 5.32 Å². The molecule has 3 aromatic rings. The molecule has 27 heavy (non-hydrogen) atoms. The first-order valence-electron chi connectivity index (χ1n) is 8.68. The van der Waals surface area contributed by atoms with Crippen molar-refractivity contribution < 1.29 is 14.3 Å². The van der Waals surface area contributed by atoms with Gasteiger partial charge in [-0.05, 0) is 44.5 Å². The van der Waals surface area contributed by atoms with E-state index < -0.39 is 5.97 Å². The van der Waals surface area contributed by atoms with E-state index in [2.05, 4.69) is 10.3 Å². The number of carbonyl (C=O) groups is 2. The summed E-state index contributed by atoms with van der Waals surface area (Å²) in [6.45, 7) is 5.50. The highest BCUT2D eigenvalue weighted by atomic mass is 35.5. The number of halogens is 1. The number of anilines is 1. The maximum absolute atomic E-state index is 12.9. The van der Waals surface area contributed by atoms with Gasteiger partial charge in [0.25, 0.3) is 5.91 Å². The van der Waals surface area contributed by atoms with Gasteiger partial charge in [0.05, 0.1) is 17.4 Å². The molecule has 0 fully saturated rings. The molecule has 0 aliphatic carbocycles. The smallest absolute Gasteiger partial charge is 0.338 e. The van der Waals surface area contributed by atoms with Crippen molar-refractivity contribution >= 4 is 34.8 Å². The summed E-state index contributed by atoms with van der Waals surface area (Å²) < 4.78 is 6.90. The van der Waals surface area contributed by atoms with Gasteiger partial charge in [0.1, 0.15) is 11.3 Å². The van der Waals surface area contributed by atoms with Gasteiger partial charge in [-0.2, -0.15) is 0 Å². The molecule has 1 amide bonds. The number of rotatable bonds is 5. The number of nitrogens with one attached hydrogen (secondary N) is 1. The summed E-state index contributed by atoms with van der Waals surface area (Å²) in [7, 11) is 0. The van der Waals surface area contributed by atoms with Crippen LogP contribution in [0.2, 0.25) is 5.02 Å². The lowest BCUT2D eigenvalue weighted by molar-refractivity contribution is 0.0377. The Kier molecular flexibility index (Phi) is 5.46. The zero-order chi connectivity index (χ0) is 19.6. The lowest BCUT2D eigenvalue weighted by atomic mass is 10.2. The minimum atomic E-state index is -0.431. The van der Waals surface area contributed by atoms with Crippen LogP contribution in [-0.4, -0.2) is 27.4 Å². The van der Waals surface area contributed by atoms with Crippen LogP contribution in [-0.2, 0) is 11.2 Å². The van der Waals surface area contributed by atoms with Gasteiger partial charge in [-0.3, -0.25) is 9.20 Å². The van der Waals surface area contributed by atoms with Gasteiger partial charge in [-0.25, -0.2) is 9.78 Å². The van der Waals surface area contributed by atoms with Crippen LogP contribution in [0.4, 0.5) is 5.69 Å². The normalized spacial score (nSPS) is 11.0. The number of pyridine rings is 1. The molecule has 6 nitrogen and oxygen atoms in total. The fourth-order valence-electron chi connectivity index (χ4n) is 2.75. The Labute approximate surface area is 162 Å². The van der Waals surface area contributed by atoms with E-state index in [1.54, 1.807) is 60.8 Å². The van der Waals surface area contributed by atoms with Crippen molar-refractivity contribution in [2.75, 3.05) is 5.32 Å². The summed E-state index contributed by atoms with van der Waals surface area (Å²) in [6, 6.07) is 10.1. The number of ether oxygens (including phenoxy) is 1. The Morgan fingerprint density at radius 1 is 1.26 bits per heavy atom. The molecule has 0 atom stereocenters. The average molecular weight is 386 g/mol. The number of amides is 1. The summed E-state index contributed by atoms with van der Waals surface area (Å²) in [6.07, 6.45) is 2.10. The van der Waals surface area contributed by atoms with Crippen molar-refractivity contribution in [1.82, 2.24) is 9.38 Å². The Morgan fingerprint density at radius 2 is 2.04 bits per heavy atom. The summed E-state index contributed by atoms with van der Waals surface area (Å²) in [5.41, 5.74) is 2.61. The zero-order valence-corrected chi connectivity index (χ0v) is 16.1. The Bertz CT molecular complexity index is 1010. The fourth-order valence-corrected chi connectivity index (χ4v) is 2.91. The first-order chi connectivity index (χ1) is 12.9. The highest BCUT2D eigenvalue weighted by Gasteiger charge is 2.19. The lowest BCUT2D eigenvalue weighted by Gasteiger charge is -2.10. The molecule has 3 rings (SSSR count). The maximum Gasteiger partial charge on any atom is 0.338 e. The minimum absolute atomic E-state index is 0.215. The van der Waals surface area contributed by atoms with E-state index in [-0.39, 0.29) is 12.0 Å². The third-order valence-corrected chi connectivity index (χ3v) is 4.14. The fraction of sp³-hybridized carbons (Fsp3) is 0.250. The number of imidazole rings is 1. The first-order valence-corrected chi connectivity index (χ1v) is 9.05. The number of fused-ring (bicyclic) bond motifs is 1. The van der Waals surface area contributed by atoms with Crippen LogP contribution in [0.3, 0.4) is 0 Å². The first kappa shape index (κ1) is 18.9. The highest BCUT2D eigenvalue weighted by molar-refractivity contribution is 6.30. The molecule has 0 aliphatic heterocycles. The highest BCUT2D eigenvalue weighted by Crippen LogP contribution is 2.20. The predicted molar refractivity (Wildman–Crippen MR) is 105 cm³/mol. The maximum atomic E-state index is 12.9. The van der Waals surface area contributed by atoms with Crippen LogP contribution in [0, 0.1) is 0 Å². The van der Waals surface area contributed by atoms with E-state index in [0.717, 1.165) is 0 Å². The van der Waals surface area contributed by atoms with Crippen molar-refractivity contribution in [3.8, 4) is 0 Å². The molecule has 1 N–H and O–H groups in total. The molecule has 140 valence electrons. The number of hydrogen-bond acceptors (Lipinski definition) is 4. The second-order valence-corrected chi connectivity index (χ2v) is 6.76. The molecule has 0 aliphatic rings. The monoisotopic (exact) mass is 385 g/mol. The summed E-state index contributed by atoms with van der Waals surface area (Å²) in [5.74, 6) is -0.740. The van der Waals surface area contributed by atoms with Gasteiger partial charge in [0.15, 0.2) is 0 Å². The van der Waals surface area contributed by atoms with Gasteiger partial charge in [0.2, 0.25) is 0 Å². The van der Waals surface area contributed by atoms with E-state index in [1.807, 2.05) is 6.92 Å².